The van der Waals surface area contributed by atoms with Crippen molar-refractivity contribution in [1.29, 1.82) is 0 Å². The fourth-order valence-electron chi connectivity index (χ4n) is 1.23. The van der Waals surface area contributed by atoms with Gasteiger partial charge >= 0.3 is 6.18 Å². The Morgan fingerprint density at radius 1 is 1.37 bits per heavy atom. The van der Waals surface area contributed by atoms with E-state index in [2.05, 4.69) is 15.0 Å². The number of nitrogens with zero attached hydrogens (tertiary/aromatic N) is 3. The number of hydrogen-bond donors (Lipinski definition) is 1. The number of primary amides is 1. The summed E-state index contributed by atoms with van der Waals surface area (Å²) in [5, 5.41) is 0.789. The lowest BCUT2D eigenvalue weighted by atomic mass is 10.2. The highest BCUT2D eigenvalue weighted by atomic mass is 35.5. The van der Waals surface area contributed by atoms with Crippen LogP contribution >= 0.6 is 22.9 Å². The molecule has 2 rings (SSSR count). The summed E-state index contributed by atoms with van der Waals surface area (Å²) in [6.07, 6.45) is -4.09. The fraction of sp³-hybridized carbons (Fsp3) is 0.111. The maximum atomic E-state index is 12.8. The largest absolute Gasteiger partial charge is 0.420 e. The Morgan fingerprint density at radius 3 is 2.58 bits per heavy atom. The van der Waals surface area contributed by atoms with E-state index in [0.29, 0.717) is 6.20 Å². The molecule has 0 radical (unpaired) electrons. The van der Waals surface area contributed by atoms with Crippen LogP contribution in [0.2, 0.25) is 5.28 Å². The molecule has 0 aliphatic heterocycles. The zero-order chi connectivity index (χ0) is 14.2. The lowest BCUT2D eigenvalue weighted by molar-refractivity contribution is -0.137. The second-order valence-corrected chi connectivity index (χ2v) is 4.50. The minimum absolute atomic E-state index is 0.106. The molecule has 2 N–H and O–H groups in total. The number of amides is 1. The van der Waals surface area contributed by atoms with E-state index in [9.17, 15) is 18.0 Å². The van der Waals surface area contributed by atoms with Gasteiger partial charge in [-0.1, -0.05) is 0 Å². The molecular formula is C9H4ClF3N4OS. The highest BCUT2D eigenvalue weighted by Crippen LogP contribution is 2.36. The van der Waals surface area contributed by atoms with Crippen molar-refractivity contribution in [2.24, 2.45) is 5.73 Å². The van der Waals surface area contributed by atoms with E-state index in [1.165, 1.54) is 5.38 Å². The molecule has 0 saturated carbocycles. The van der Waals surface area contributed by atoms with Gasteiger partial charge in [0, 0.05) is 11.6 Å². The highest BCUT2D eigenvalue weighted by molar-refractivity contribution is 7.13. The van der Waals surface area contributed by atoms with E-state index in [4.69, 9.17) is 17.3 Å². The van der Waals surface area contributed by atoms with Crippen LogP contribution in [-0.2, 0) is 6.18 Å². The van der Waals surface area contributed by atoms with E-state index in [-0.39, 0.29) is 16.0 Å². The van der Waals surface area contributed by atoms with Crippen molar-refractivity contribution in [3.63, 3.8) is 0 Å². The first-order valence-corrected chi connectivity index (χ1v) is 5.90. The summed E-state index contributed by atoms with van der Waals surface area (Å²) in [4.78, 5) is 21.4. The lowest BCUT2D eigenvalue weighted by Crippen LogP contribution is -2.12. The van der Waals surface area contributed by atoms with Crippen LogP contribution in [0.25, 0.3) is 10.7 Å². The molecule has 10 heteroatoms. The molecule has 100 valence electrons. The quantitative estimate of drug-likeness (QED) is 0.864. The van der Waals surface area contributed by atoms with E-state index in [1.807, 2.05) is 0 Å². The summed E-state index contributed by atoms with van der Waals surface area (Å²) in [6.45, 7) is 0. The summed E-state index contributed by atoms with van der Waals surface area (Å²) in [5.74, 6) is -0.837. The van der Waals surface area contributed by atoms with Gasteiger partial charge in [0.25, 0.3) is 5.91 Å². The average molecular weight is 309 g/mol. The van der Waals surface area contributed by atoms with Gasteiger partial charge in [0.15, 0.2) is 0 Å². The molecule has 1 amide bonds. The molecule has 2 aromatic rings. The maximum absolute atomic E-state index is 12.8. The number of aromatic nitrogens is 3. The van der Waals surface area contributed by atoms with E-state index >= 15 is 0 Å². The molecule has 2 aromatic heterocycles. The normalized spacial score (nSPS) is 11.6. The second-order valence-electron chi connectivity index (χ2n) is 3.30. The third-order valence-electron chi connectivity index (χ3n) is 2.02. The third-order valence-corrected chi connectivity index (χ3v) is 3.06. The van der Waals surface area contributed by atoms with Crippen LogP contribution in [0.5, 0.6) is 0 Å². The van der Waals surface area contributed by atoms with Gasteiger partial charge in [-0.05, 0) is 11.6 Å². The van der Waals surface area contributed by atoms with Crippen LogP contribution in [0.1, 0.15) is 16.1 Å². The lowest BCUT2D eigenvalue weighted by Gasteiger charge is -2.09. The number of halogens is 4. The summed E-state index contributed by atoms with van der Waals surface area (Å²) in [6, 6.07) is 0. The predicted octanol–water partition coefficient (Wildman–Crippen LogP) is 2.37. The molecule has 2 heterocycles. The average Bonchev–Trinajstić information content (AvgIpc) is 2.76. The monoisotopic (exact) mass is 308 g/mol. The van der Waals surface area contributed by atoms with Crippen molar-refractivity contribution in [2.45, 2.75) is 6.18 Å². The highest BCUT2D eigenvalue weighted by Gasteiger charge is 2.36. The van der Waals surface area contributed by atoms with E-state index in [1.54, 1.807) is 0 Å². The molecule has 0 unspecified atom stereocenters. The summed E-state index contributed by atoms with van der Waals surface area (Å²) >= 11 is 6.29. The summed E-state index contributed by atoms with van der Waals surface area (Å²) in [5.41, 5.74) is 3.28. The zero-order valence-electron chi connectivity index (χ0n) is 8.90. The number of rotatable bonds is 2. The Labute approximate surface area is 113 Å². The number of carbonyl (C=O) groups excluding carboxylic acids is 1. The van der Waals surface area contributed by atoms with Gasteiger partial charge in [-0.15, -0.1) is 11.3 Å². The molecule has 0 aliphatic rings. The van der Waals surface area contributed by atoms with Crippen LogP contribution in [0, 0.1) is 0 Å². The maximum Gasteiger partial charge on any atom is 0.420 e. The Kier molecular flexibility index (Phi) is 3.42. The van der Waals surface area contributed by atoms with Crippen molar-refractivity contribution in [3.8, 4) is 10.7 Å². The minimum atomic E-state index is -4.65. The fourth-order valence-corrected chi connectivity index (χ4v) is 2.17. The summed E-state index contributed by atoms with van der Waals surface area (Å²) < 4.78 is 38.4. The molecule has 0 bridgehead atoms. The van der Waals surface area contributed by atoms with Crippen LogP contribution in [0.4, 0.5) is 13.2 Å². The molecule has 0 saturated heterocycles. The van der Waals surface area contributed by atoms with Crippen LogP contribution in [-0.4, -0.2) is 20.9 Å². The van der Waals surface area contributed by atoms with Gasteiger partial charge in [0.1, 0.15) is 22.0 Å². The molecule has 19 heavy (non-hydrogen) atoms. The van der Waals surface area contributed by atoms with Gasteiger partial charge in [0.2, 0.25) is 5.28 Å². The minimum Gasteiger partial charge on any atom is -0.364 e. The van der Waals surface area contributed by atoms with Gasteiger partial charge in [-0.25, -0.2) is 15.0 Å². The van der Waals surface area contributed by atoms with Gasteiger partial charge in [-0.2, -0.15) is 13.2 Å². The number of hydrogen-bond acceptors (Lipinski definition) is 5. The molecule has 0 spiro atoms. The van der Waals surface area contributed by atoms with Crippen LogP contribution in [0.15, 0.2) is 11.6 Å². The molecule has 0 aromatic carbocycles. The predicted molar refractivity (Wildman–Crippen MR) is 61.7 cm³/mol. The standard InChI is InChI=1S/C9H4ClF3N4OS/c10-8-15-1-3(9(11,12)13)5(17-8)7-16-4(2-19-7)6(14)18/h1-2H,(H2,14,18). The van der Waals surface area contributed by atoms with E-state index in [0.717, 1.165) is 11.3 Å². The number of thiazole rings is 1. The molecule has 0 fully saturated rings. The Bertz CT molecular complexity index is 643. The van der Waals surface area contributed by atoms with Crippen molar-refractivity contribution in [3.05, 3.63) is 28.1 Å². The Morgan fingerprint density at radius 2 is 2.05 bits per heavy atom. The van der Waals surface area contributed by atoms with Crippen molar-refractivity contribution in [2.75, 3.05) is 0 Å². The molecule has 0 atom stereocenters. The van der Waals surface area contributed by atoms with Gasteiger partial charge in [0.05, 0.1) is 0 Å². The molecular weight excluding hydrogens is 305 g/mol. The topological polar surface area (TPSA) is 81.8 Å². The molecule has 0 aliphatic carbocycles. The number of nitrogens with two attached hydrogens (primary N) is 1. The van der Waals surface area contributed by atoms with Crippen LogP contribution < -0.4 is 5.73 Å². The SMILES string of the molecule is NC(=O)c1csc(-c2nc(Cl)ncc2C(F)(F)F)n1. The van der Waals surface area contributed by atoms with Crippen molar-refractivity contribution >= 4 is 28.8 Å². The third kappa shape index (κ3) is 2.82. The zero-order valence-corrected chi connectivity index (χ0v) is 10.5. The van der Waals surface area contributed by atoms with Gasteiger partial charge < -0.3 is 5.73 Å². The summed E-state index contributed by atoms with van der Waals surface area (Å²) in [7, 11) is 0. The van der Waals surface area contributed by atoms with Crippen molar-refractivity contribution in [1.82, 2.24) is 15.0 Å². The first-order valence-electron chi connectivity index (χ1n) is 4.64. The smallest absolute Gasteiger partial charge is 0.364 e. The first kappa shape index (κ1) is 13.7. The van der Waals surface area contributed by atoms with Crippen molar-refractivity contribution < 1.29 is 18.0 Å². The Hall–Kier alpha value is -1.74. The number of carbonyl (C=O) groups is 1. The first-order chi connectivity index (χ1) is 8.79. The number of alkyl halides is 3. The van der Waals surface area contributed by atoms with Gasteiger partial charge in [-0.3, -0.25) is 4.79 Å². The van der Waals surface area contributed by atoms with Crippen LogP contribution in [0.3, 0.4) is 0 Å². The molecule has 5 nitrogen and oxygen atoms in total. The second kappa shape index (κ2) is 4.74. The Balaban J connectivity index is 2.59. The van der Waals surface area contributed by atoms with E-state index < -0.39 is 23.3 Å².